The van der Waals surface area contributed by atoms with Gasteiger partial charge in [0.1, 0.15) is 0 Å². The Bertz CT molecular complexity index is 399. The molecular weight excluding hydrogens is 218 g/mol. The van der Waals surface area contributed by atoms with E-state index in [9.17, 15) is 4.79 Å². The molecule has 0 radical (unpaired) electrons. The largest absolute Gasteiger partial charge is 0.475 e. The van der Waals surface area contributed by atoms with Crippen molar-refractivity contribution in [3.05, 3.63) is 17.9 Å². The summed E-state index contributed by atoms with van der Waals surface area (Å²) in [5.41, 5.74) is 0.438. The molecule has 0 aromatic carbocycles. The Morgan fingerprint density at radius 1 is 1.41 bits per heavy atom. The van der Waals surface area contributed by atoms with E-state index in [1.807, 2.05) is 0 Å². The summed E-state index contributed by atoms with van der Waals surface area (Å²) in [5, 5.41) is 12.0. The van der Waals surface area contributed by atoms with Crippen molar-refractivity contribution in [3.8, 4) is 0 Å². The van der Waals surface area contributed by atoms with Gasteiger partial charge in [-0.15, -0.1) is 0 Å². The first kappa shape index (κ1) is 12.0. The molecule has 0 aliphatic heterocycles. The van der Waals surface area contributed by atoms with E-state index in [-0.39, 0.29) is 5.76 Å². The molecule has 17 heavy (non-hydrogen) atoms. The standard InChI is InChI=1S/C13H19NO3/c1-13(2)7-5-9(6-8-13)14-11-4-3-10(17-11)12(15)16/h3-4,9,14H,5-8H2,1-2H3,(H,15,16). The van der Waals surface area contributed by atoms with Gasteiger partial charge >= 0.3 is 5.97 Å². The molecule has 1 saturated carbocycles. The highest BCUT2D eigenvalue weighted by Gasteiger charge is 2.27. The molecule has 1 fully saturated rings. The SMILES string of the molecule is CC1(C)CCC(Nc2ccc(C(=O)O)o2)CC1. The van der Waals surface area contributed by atoms with Crippen molar-refractivity contribution in [3.63, 3.8) is 0 Å². The molecule has 1 heterocycles. The lowest BCUT2D eigenvalue weighted by atomic mass is 9.75. The molecule has 0 amide bonds. The quantitative estimate of drug-likeness (QED) is 0.846. The minimum Gasteiger partial charge on any atom is -0.475 e. The molecule has 2 rings (SSSR count). The van der Waals surface area contributed by atoms with Crippen molar-refractivity contribution in [2.45, 2.75) is 45.6 Å². The van der Waals surface area contributed by atoms with Gasteiger partial charge in [0.25, 0.3) is 0 Å². The molecule has 1 aliphatic carbocycles. The highest BCUT2D eigenvalue weighted by atomic mass is 16.4. The molecule has 94 valence electrons. The van der Waals surface area contributed by atoms with Crippen LogP contribution in [0.15, 0.2) is 16.5 Å². The maximum absolute atomic E-state index is 10.7. The van der Waals surface area contributed by atoms with Crippen molar-refractivity contribution < 1.29 is 14.3 Å². The van der Waals surface area contributed by atoms with Gasteiger partial charge in [0.2, 0.25) is 5.76 Å². The lowest BCUT2D eigenvalue weighted by Crippen LogP contribution is -2.29. The minimum atomic E-state index is -1.03. The van der Waals surface area contributed by atoms with Gasteiger partial charge in [-0.2, -0.15) is 0 Å². The fraction of sp³-hybridized carbons (Fsp3) is 0.615. The summed E-state index contributed by atoms with van der Waals surface area (Å²) in [6.07, 6.45) is 4.60. The zero-order valence-electron chi connectivity index (χ0n) is 10.3. The first-order valence-electron chi connectivity index (χ1n) is 6.06. The molecule has 1 aromatic heterocycles. The normalized spacial score (nSPS) is 20.1. The average Bonchev–Trinajstić information content (AvgIpc) is 2.70. The van der Waals surface area contributed by atoms with Crippen molar-refractivity contribution in [2.24, 2.45) is 5.41 Å². The predicted octanol–water partition coefficient (Wildman–Crippen LogP) is 3.36. The monoisotopic (exact) mass is 237 g/mol. The van der Waals surface area contributed by atoms with Gasteiger partial charge in [-0.1, -0.05) is 13.8 Å². The molecule has 0 bridgehead atoms. The van der Waals surface area contributed by atoms with E-state index >= 15 is 0 Å². The van der Waals surface area contributed by atoms with E-state index in [0.29, 0.717) is 17.3 Å². The lowest BCUT2D eigenvalue weighted by Gasteiger charge is -2.34. The summed E-state index contributed by atoms with van der Waals surface area (Å²) in [7, 11) is 0. The minimum absolute atomic E-state index is 0.0105. The molecule has 4 heteroatoms. The van der Waals surface area contributed by atoms with Crippen LogP contribution < -0.4 is 5.32 Å². The van der Waals surface area contributed by atoms with Crippen LogP contribution in [-0.4, -0.2) is 17.1 Å². The first-order chi connectivity index (χ1) is 7.96. The van der Waals surface area contributed by atoms with Gasteiger partial charge in [0.15, 0.2) is 5.88 Å². The summed E-state index contributed by atoms with van der Waals surface area (Å²) in [5.74, 6) is -0.474. The Hall–Kier alpha value is -1.45. The number of hydrogen-bond acceptors (Lipinski definition) is 3. The number of anilines is 1. The van der Waals surface area contributed by atoms with Crippen LogP contribution in [0.25, 0.3) is 0 Å². The third-order valence-corrected chi connectivity index (χ3v) is 3.50. The van der Waals surface area contributed by atoms with Crippen LogP contribution in [0.3, 0.4) is 0 Å². The van der Waals surface area contributed by atoms with Crippen LogP contribution in [0.5, 0.6) is 0 Å². The second-order valence-corrected chi connectivity index (χ2v) is 5.55. The van der Waals surface area contributed by atoms with Gasteiger partial charge in [-0.25, -0.2) is 4.79 Å². The number of nitrogens with one attached hydrogen (secondary N) is 1. The molecule has 1 aromatic rings. The third kappa shape index (κ3) is 3.02. The predicted molar refractivity (Wildman–Crippen MR) is 65.3 cm³/mol. The molecule has 1 aliphatic rings. The number of carboxylic acid groups (broad SMARTS) is 1. The number of carboxylic acids is 1. The van der Waals surface area contributed by atoms with Gasteiger partial charge in [0, 0.05) is 12.1 Å². The molecule has 0 unspecified atom stereocenters. The molecule has 0 spiro atoms. The fourth-order valence-corrected chi connectivity index (χ4v) is 2.28. The van der Waals surface area contributed by atoms with E-state index < -0.39 is 5.97 Å². The maximum atomic E-state index is 10.7. The molecule has 0 saturated heterocycles. The Balaban J connectivity index is 1.91. The number of hydrogen-bond donors (Lipinski definition) is 2. The molecule has 2 N–H and O–H groups in total. The van der Waals surface area contributed by atoms with Crippen LogP contribution in [0, 0.1) is 5.41 Å². The maximum Gasteiger partial charge on any atom is 0.371 e. The average molecular weight is 237 g/mol. The van der Waals surface area contributed by atoms with E-state index in [1.165, 1.54) is 18.9 Å². The second kappa shape index (κ2) is 4.43. The van der Waals surface area contributed by atoms with Crippen LogP contribution >= 0.6 is 0 Å². The van der Waals surface area contributed by atoms with Crippen molar-refractivity contribution in [1.29, 1.82) is 0 Å². The highest BCUT2D eigenvalue weighted by Crippen LogP contribution is 2.36. The Morgan fingerprint density at radius 3 is 2.59 bits per heavy atom. The summed E-state index contributed by atoms with van der Waals surface area (Å²) in [6.45, 7) is 4.58. The highest BCUT2D eigenvalue weighted by molar-refractivity contribution is 5.84. The topological polar surface area (TPSA) is 62.5 Å². The summed E-state index contributed by atoms with van der Waals surface area (Å²) < 4.78 is 5.19. The van der Waals surface area contributed by atoms with Crippen LogP contribution in [0.4, 0.5) is 5.88 Å². The van der Waals surface area contributed by atoms with Crippen molar-refractivity contribution >= 4 is 11.9 Å². The van der Waals surface area contributed by atoms with E-state index in [4.69, 9.17) is 9.52 Å². The van der Waals surface area contributed by atoms with Gasteiger partial charge < -0.3 is 14.8 Å². The van der Waals surface area contributed by atoms with Gasteiger partial charge in [-0.05, 0) is 37.2 Å². The summed E-state index contributed by atoms with van der Waals surface area (Å²) in [6, 6.07) is 3.57. The van der Waals surface area contributed by atoms with E-state index in [0.717, 1.165) is 12.8 Å². The van der Waals surface area contributed by atoms with Gasteiger partial charge in [0.05, 0.1) is 0 Å². The van der Waals surface area contributed by atoms with Crippen LogP contribution in [0.2, 0.25) is 0 Å². The number of carbonyl (C=O) groups is 1. The van der Waals surface area contributed by atoms with Crippen molar-refractivity contribution in [1.82, 2.24) is 0 Å². The Kier molecular flexibility index (Phi) is 3.13. The summed E-state index contributed by atoms with van der Waals surface area (Å²) >= 11 is 0. The third-order valence-electron chi connectivity index (χ3n) is 3.50. The number of rotatable bonds is 3. The summed E-state index contributed by atoms with van der Waals surface area (Å²) in [4.78, 5) is 10.7. The molecule has 4 nitrogen and oxygen atoms in total. The Morgan fingerprint density at radius 2 is 2.06 bits per heavy atom. The lowest BCUT2D eigenvalue weighted by molar-refractivity contribution is 0.0663. The smallest absolute Gasteiger partial charge is 0.371 e. The zero-order chi connectivity index (χ0) is 12.5. The molecule has 0 atom stereocenters. The second-order valence-electron chi connectivity index (χ2n) is 5.55. The first-order valence-corrected chi connectivity index (χ1v) is 6.06. The van der Waals surface area contributed by atoms with E-state index in [1.54, 1.807) is 6.07 Å². The number of aromatic carboxylic acids is 1. The number of furan rings is 1. The van der Waals surface area contributed by atoms with Gasteiger partial charge in [-0.3, -0.25) is 0 Å². The molecular formula is C13H19NO3. The fourth-order valence-electron chi connectivity index (χ4n) is 2.28. The zero-order valence-corrected chi connectivity index (χ0v) is 10.3. The van der Waals surface area contributed by atoms with E-state index in [2.05, 4.69) is 19.2 Å². The van der Waals surface area contributed by atoms with Crippen LogP contribution in [0.1, 0.15) is 50.1 Å². The Labute approximate surface area is 101 Å². The van der Waals surface area contributed by atoms with Crippen molar-refractivity contribution in [2.75, 3.05) is 5.32 Å². The van der Waals surface area contributed by atoms with Crippen LogP contribution in [-0.2, 0) is 0 Å².